The second-order valence-electron chi connectivity index (χ2n) is 7.93. The fraction of sp³-hybridized carbons (Fsp3) is 0.391. The predicted molar refractivity (Wildman–Crippen MR) is 120 cm³/mol. The molecule has 6 nitrogen and oxygen atoms in total. The molecule has 0 saturated carbocycles. The van der Waals surface area contributed by atoms with Crippen LogP contribution in [0.15, 0.2) is 42.5 Å². The zero-order valence-electron chi connectivity index (χ0n) is 17.9. The van der Waals surface area contributed by atoms with Gasteiger partial charge in [-0.05, 0) is 50.3 Å². The molecule has 1 saturated heterocycles. The molecule has 1 aliphatic heterocycles. The lowest BCUT2D eigenvalue weighted by molar-refractivity contribution is 0.0762. The molecule has 0 radical (unpaired) electrons. The van der Waals surface area contributed by atoms with Crippen LogP contribution < -0.4 is 5.32 Å². The van der Waals surface area contributed by atoms with Crippen molar-refractivity contribution in [1.82, 2.24) is 20.0 Å². The van der Waals surface area contributed by atoms with Crippen molar-refractivity contribution < 1.29 is 14.0 Å². The van der Waals surface area contributed by atoms with Gasteiger partial charge in [-0.2, -0.15) is 0 Å². The van der Waals surface area contributed by atoms with Crippen LogP contribution in [-0.2, 0) is 13.1 Å². The molecule has 8 heteroatoms. The van der Waals surface area contributed by atoms with E-state index < -0.39 is 0 Å². The summed E-state index contributed by atoms with van der Waals surface area (Å²) in [6.45, 7) is 2.83. The van der Waals surface area contributed by atoms with Crippen LogP contribution in [0.3, 0.4) is 0 Å². The topological polar surface area (TPSA) is 55.9 Å². The van der Waals surface area contributed by atoms with E-state index in [2.05, 4.69) is 5.32 Å². The Labute approximate surface area is 187 Å². The van der Waals surface area contributed by atoms with Gasteiger partial charge in [0.25, 0.3) is 5.91 Å². The first kappa shape index (κ1) is 23.0. The van der Waals surface area contributed by atoms with Crippen molar-refractivity contribution in [3.63, 3.8) is 0 Å². The van der Waals surface area contributed by atoms with Crippen molar-refractivity contribution in [3.05, 3.63) is 70.0 Å². The Kier molecular flexibility index (Phi) is 7.87. The highest BCUT2D eigenvalue weighted by Crippen LogP contribution is 2.18. The van der Waals surface area contributed by atoms with E-state index >= 15 is 0 Å². The molecule has 0 unspecified atom stereocenters. The molecule has 3 rings (SSSR count). The lowest BCUT2D eigenvalue weighted by Crippen LogP contribution is -2.42. The summed E-state index contributed by atoms with van der Waals surface area (Å²) in [5.41, 5.74) is 1.92. The van der Waals surface area contributed by atoms with Gasteiger partial charge >= 0.3 is 6.03 Å². The molecule has 0 atom stereocenters. The van der Waals surface area contributed by atoms with E-state index in [1.165, 1.54) is 6.07 Å². The number of rotatable bonds is 5. The molecule has 0 aromatic heterocycles. The minimum atomic E-state index is -0.250. The molecule has 1 heterocycles. The molecule has 2 aromatic carbocycles. The van der Waals surface area contributed by atoms with E-state index in [9.17, 15) is 14.0 Å². The monoisotopic (exact) mass is 446 g/mol. The third kappa shape index (κ3) is 6.18. The number of nitrogens with one attached hydrogen (secondary N) is 1. The minimum Gasteiger partial charge on any atom is -0.337 e. The van der Waals surface area contributed by atoms with Crippen molar-refractivity contribution in [1.29, 1.82) is 0 Å². The van der Waals surface area contributed by atoms with Gasteiger partial charge in [0.05, 0.1) is 10.6 Å². The van der Waals surface area contributed by atoms with Crippen LogP contribution in [0, 0.1) is 5.82 Å². The highest BCUT2D eigenvalue weighted by molar-refractivity contribution is 6.33. The molecule has 1 aliphatic rings. The molecule has 3 amide bonds. The number of nitrogens with zero attached hydrogens (tertiary/aromatic N) is 3. The summed E-state index contributed by atoms with van der Waals surface area (Å²) < 4.78 is 14.0. The number of urea groups is 1. The van der Waals surface area contributed by atoms with Crippen LogP contribution in [0.4, 0.5) is 9.18 Å². The van der Waals surface area contributed by atoms with Crippen molar-refractivity contribution in [2.24, 2.45) is 0 Å². The Balaban J connectivity index is 1.55. The Hall–Kier alpha value is -2.64. The highest BCUT2D eigenvalue weighted by Gasteiger charge is 2.23. The van der Waals surface area contributed by atoms with E-state index in [1.807, 2.05) is 19.0 Å². The molecule has 0 spiro atoms. The standard InChI is InChI=1S/C23H28ClFN4O2/c1-27(2)16-18-14-17(8-9-21(18)25)15-26-23(31)29-11-5-10-28(12-13-29)22(30)19-6-3-4-7-20(19)24/h3-4,6-9,14H,5,10-13,15-16H2,1-2H3,(H,26,31). The second-order valence-corrected chi connectivity index (χ2v) is 8.34. The van der Waals surface area contributed by atoms with Crippen LogP contribution in [0.2, 0.25) is 5.02 Å². The third-order valence-electron chi connectivity index (χ3n) is 5.22. The van der Waals surface area contributed by atoms with Crippen molar-refractivity contribution in [2.45, 2.75) is 19.5 Å². The van der Waals surface area contributed by atoms with Gasteiger partial charge in [0, 0.05) is 44.8 Å². The molecule has 31 heavy (non-hydrogen) atoms. The molecule has 1 N–H and O–H groups in total. The van der Waals surface area contributed by atoms with Gasteiger partial charge < -0.3 is 20.0 Å². The zero-order chi connectivity index (χ0) is 22.4. The maximum Gasteiger partial charge on any atom is 0.317 e. The largest absolute Gasteiger partial charge is 0.337 e. The average molecular weight is 447 g/mol. The van der Waals surface area contributed by atoms with E-state index in [4.69, 9.17) is 11.6 Å². The predicted octanol–water partition coefficient (Wildman–Crippen LogP) is 3.60. The maximum absolute atomic E-state index is 14.0. The molecule has 2 aromatic rings. The maximum atomic E-state index is 14.0. The molecule has 0 bridgehead atoms. The minimum absolute atomic E-state index is 0.118. The molecule has 1 fully saturated rings. The van der Waals surface area contributed by atoms with Crippen LogP contribution in [0.25, 0.3) is 0 Å². The van der Waals surface area contributed by atoms with Gasteiger partial charge in [-0.25, -0.2) is 9.18 Å². The van der Waals surface area contributed by atoms with E-state index in [0.29, 0.717) is 61.8 Å². The Morgan fingerprint density at radius 1 is 1.06 bits per heavy atom. The molecular formula is C23H28ClFN4O2. The number of hydrogen-bond acceptors (Lipinski definition) is 3. The Morgan fingerprint density at radius 2 is 1.77 bits per heavy atom. The van der Waals surface area contributed by atoms with Crippen LogP contribution in [0.5, 0.6) is 0 Å². The quantitative estimate of drug-likeness (QED) is 0.763. The number of benzene rings is 2. The smallest absolute Gasteiger partial charge is 0.317 e. The zero-order valence-corrected chi connectivity index (χ0v) is 18.7. The van der Waals surface area contributed by atoms with Crippen molar-refractivity contribution >= 4 is 23.5 Å². The van der Waals surface area contributed by atoms with Crippen molar-refractivity contribution in [2.75, 3.05) is 40.3 Å². The Morgan fingerprint density at radius 3 is 2.52 bits per heavy atom. The number of hydrogen-bond donors (Lipinski definition) is 1. The molecule has 0 aliphatic carbocycles. The SMILES string of the molecule is CN(C)Cc1cc(CNC(=O)N2CCCN(C(=O)c3ccccc3Cl)CC2)ccc1F. The molecular weight excluding hydrogens is 419 g/mol. The number of amides is 3. The summed E-state index contributed by atoms with van der Waals surface area (Å²) in [7, 11) is 3.76. The first-order chi connectivity index (χ1) is 14.8. The van der Waals surface area contributed by atoms with Crippen LogP contribution in [0.1, 0.15) is 27.9 Å². The number of carbonyl (C=O) groups is 2. The van der Waals surface area contributed by atoms with E-state index in [0.717, 1.165) is 5.56 Å². The third-order valence-corrected chi connectivity index (χ3v) is 5.54. The van der Waals surface area contributed by atoms with Gasteiger partial charge in [0.1, 0.15) is 5.82 Å². The number of halogens is 2. The van der Waals surface area contributed by atoms with Gasteiger partial charge in [-0.3, -0.25) is 4.79 Å². The number of carbonyl (C=O) groups excluding carboxylic acids is 2. The fourth-order valence-corrected chi connectivity index (χ4v) is 3.83. The fourth-order valence-electron chi connectivity index (χ4n) is 3.62. The van der Waals surface area contributed by atoms with E-state index in [-0.39, 0.29) is 17.8 Å². The van der Waals surface area contributed by atoms with Gasteiger partial charge in [0.2, 0.25) is 0 Å². The summed E-state index contributed by atoms with van der Waals surface area (Å²) in [4.78, 5) is 30.8. The summed E-state index contributed by atoms with van der Waals surface area (Å²) >= 11 is 6.16. The lowest BCUT2D eigenvalue weighted by Gasteiger charge is -2.23. The van der Waals surface area contributed by atoms with E-state index in [1.54, 1.807) is 46.2 Å². The normalized spacial score (nSPS) is 14.5. The summed E-state index contributed by atoms with van der Waals surface area (Å²) in [5, 5.41) is 3.34. The average Bonchev–Trinajstić information content (AvgIpc) is 3.00. The van der Waals surface area contributed by atoms with Gasteiger partial charge in [0.15, 0.2) is 0 Å². The lowest BCUT2D eigenvalue weighted by atomic mass is 10.1. The van der Waals surface area contributed by atoms with Gasteiger partial charge in [-0.1, -0.05) is 29.8 Å². The van der Waals surface area contributed by atoms with Crippen LogP contribution >= 0.6 is 11.6 Å². The van der Waals surface area contributed by atoms with Gasteiger partial charge in [-0.15, -0.1) is 0 Å². The first-order valence-electron chi connectivity index (χ1n) is 10.3. The summed E-state index contributed by atoms with van der Waals surface area (Å²) in [6, 6.07) is 11.7. The summed E-state index contributed by atoms with van der Waals surface area (Å²) in [5.74, 6) is -0.368. The molecule has 166 valence electrons. The van der Waals surface area contributed by atoms with Crippen LogP contribution in [-0.4, -0.2) is 66.9 Å². The summed E-state index contributed by atoms with van der Waals surface area (Å²) in [6.07, 6.45) is 0.688. The highest BCUT2D eigenvalue weighted by atomic mass is 35.5. The Bertz CT molecular complexity index is 938. The first-order valence-corrected chi connectivity index (χ1v) is 10.7. The van der Waals surface area contributed by atoms with Crippen molar-refractivity contribution in [3.8, 4) is 0 Å². The second kappa shape index (κ2) is 10.6.